The smallest absolute Gasteiger partial charge is 0.128 e. The monoisotopic (exact) mass is 294 g/mol. The van der Waals surface area contributed by atoms with Crippen molar-refractivity contribution in [2.45, 2.75) is 26.2 Å². The molecule has 100 valence electrons. The van der Waals surface area contributed by atoms with Gasteiger partial charge >= 0.3 is 0 Å². The maximum atomic E-state index is 6.30. The number of benzene rings is 2. The van der Waals surface area contributed by atoms with Gasteiger partial charge in [0.15, 0.2) is 0 Å². The standard InChI is InChI=1S/C16H16Cl2O/c1-16(2,3)14-9-8-13(10-15(14)18)19-12-6-4-11(17)5-7-12/h4-10H,1-3H3. The highest BCUT2D eigenvalue weighted by Crippen LogP contribution is 2.33. The first-order chi connectivity index (χ1) is 8.86. The first-order valence-corrected chi connectivity index (χ1v) is 6.85. The van der Waals surface area contributed by atoms with Gasteiger partial charge in [-0.2, -0.15) is 0 Å². The molecule has 0 amide bonds. The fourth-order valence-electron chi connectivity index (χ4n) is 1.81. The summed E-state index contributed by atoms with van der Waals surface area (Å²) in [6.07, 6.45) is 0. The molecule has 2 aromatic carbocycles. The summed E-state index contributed by atoms with van der Waals surface area (Å²) in [7, 11) is 0. The van der Waals surface area contributed by atoms with Gasteiger partial charge in [0, 0.05) is 10.0 Å². The minimum Gasteiger partial charge on any atom is -0.457 e. The number of hydrogen-bond donors (Lipinski definition) is 0. The van der Waals surface area contributed by atoms with Crippen LogP contribution < -0.4 is 4.74 Å². The highest BCUT2D eigenvalue weighted by molar-refractivity contribution is 6.31. The van der Waals surface area contributed by atoms with Gasteiger partial charge in [0.2, 0.25) is 0 Å². The zero-order valence-corrected chi connectivity index (χ0v) is 12.7. The van der Waals surface area contributed by atoms with Crippen LogP contribution in [0.1, 0.15) is 26.3 Å². The van der Waals surface area contributed by atoms with E-state index < -0.39 is 0 Å². The number of hydrogen-bond acceptors (Lipinski definition) is 1. The topological polar surface area (TPSA) is 9.23 Å². The van der Waals surface area contributed by atoms with Crippen molar-refractivity contribution in [1.29, 1.82) is 0 Å². The Labute approximate surface area is 124 Å². The molecule has 0 spiro atoms. The summed E-state index contributed by atoms with van der Waals surface area (Å²) in [6.45, 7) is 6.40. The van der Waals surface area contributed by atoms with E-state index >= 15 is 0 Å². The molecular formula is C16H16Cl2O. The molecular weight excluding hydrogens is 279 g/mol. The molecule has 0 aliphatic heterocycles. The van der Waals surface area contributed by atoms with E-state index in [9.17, 15) is 0 Å². The van der Waals surface area contributed by atoms with Gasteiger partial charge in [0.1, 0.15) is 11.5 Å². The van der Waals surface area contributed by atoms with Gasteiger partial charge in [-0.1, -0.05) is 50.0 Å². The van der Waals surface area contributed by atoms with Crippen LogP contribution in [-0.4, -0.2) is 0 Å². The third-order valence-electron chi connectivity index (χ3n) is 2.80. The zero-order valence-electron chi connectivity index (χ0n) is 11.2. The number of ether oxygens (including phenoxy) is 1. The van der Waals surface area contributed by atoms with Crippen molar-refractivity contribution in [3.63, 3.8) is 0 Å². The molecule has 0 radical (unpaired) electrons. The maximum absolute atomic E-state index is 6.30. The van der Waals surface area contributed by atoms with Gasteiger partial charge in [-0.05, 0) is 47.4 Å². The second kappa shape index (κ2) is 5.44. The Bertz CT molecular complexity index is 568. The summed E-state index contributed by atoms with van der Waals surface area (Å²) in [5.74, 6) is 1.46. The fraction of sp³-hybridized carbons (Fsp3) is 0.250. The maximum Gasteiger partial charge on any atom is 0.128 e. The van der Waals surface area contributed by atoms with Crippen molar-refractivity contribution in [3.05, 3.63) is 58.1 Å². The van der Waals surface area contributed by atoms with Gasteiger partial charge in [0.05, 0.1) is 0 Å². The van der Waals surface area contributed by atoms with Crippen LogP contribution in [0.2, 0.25) is 10.0 Å². The first kappa shape index (κ1) is 14.2. The molecule has 1 nitrogen and oxygen atoms in total. The molecule has 0 atom stereocenters. The van der Waals surface area contributed by atoms with Crippen molar-refractivity contribution in [2.75, 3.05) is 0 Å². The number of rotatable bonds is 2. The van der Waals surface area contributed by atoms with Crippen LogP contribution in [0.3, 0.4) is 0 Å². The van der Waals surface area contributed by atoms with Crippen molar-refractivity contribution >= 4 is 23.2 Å². The molecule has 0 aromatic heterocycles. The molecule has 0 bridgehead atoms. The van der Waals surface area contributed by atoms with Gasteiger partial charge in [-0.15, -0.1) is 0 Å². The largest absolute Gasteiger partial charge is 0.457 e. The lowest BCUT2D eigenvalue weighted by Crippen LogP contribution is -2.11. The summed E-state index contributed by atoms with van der Waals surface area (Å²) in [6, 6.07) is 13.0. The van der Waals surface area contributed by atoms with Crippen LogP contribution >= 0.6 is 23.2 Å². The van der Waals surface area contributed by atoms with Crippen LogP contribution in [0.4, 0.5) is 0 Å². The quantitative estimate of drug-likeness (QED) is 0.652. The van der Waals surface area contributed by atoms with Crippen molar-refractivity contribution < 1.29 is 4.74 Å². The van der Waals surface area contributed by atoms with Crippen LogP contribution in [0, 0.1) is 0 Å². The van der Waals surface area contributed by atoms with Crippen molar-refractivity contribution in [2.24, 2.45) is 0 Å². The average molecular weight is 295 g/mol. The predicted molar refractivity (Wildman–Crippen MR) is 81.7 cm³/mol. The van der Waals surface area contributed by atoms with E-state index in [0.717, 1.165) is 22.1 Å². The molecule has 0 fully saturated rings. The Kier molecular flexibility index (Phi) is 4.07. The summed E-state index contributed by atoms with van der Waals surface area (Å²) >= 11 is 12.1. The summed E-state index contributed by atoms with van der Waals surface area (Å²) in [5, 5.41) is 1.41. The molecule has 2 aromatic rings. The Hall–Kier alpha value is -1.18. The van der Waals surface area contributed by atoms with Crippen molar-refractivity contribution in [3.8, 4) is 11.5 Å². The normalized spacial score (nSPS) is 11.4. The Morgan fingerprint density at radius 3 is 1.95 bits per heavy atom. The molecule has 0 N–H and O–H groups in total. The minimum absolute atomic E-state index is 0.0237. The molecule has 3 heteroatoms. The van der Waals surface area contributed by atoms with Gasteiger partial charge in [0.25, 0.3) is 0 Å². The second-order valence-corrected chi connectivity index (χ2v) is 6.29. The number of halogens is 2. The zero-order chi connectivity index (χ0) is 14.0. The Balaban J connectivity index is 2.23. The molecule has 0 aliphatic carbocycles. The lowest BCUT2D eigenvalue weighted by molar-refractivity contribution is 0.481. The molecule has 0 saturated heterocycles. The average Bonchev–Trinajstić information content (AvgIpc) is 2.30. The molecule has 19 heavy (non-hydrogen) atoms. The van der Waals surface area contributed by atoms with E-state index in [0.29, 0.717) is 5.02 Å². The molecule has 0 heterocycles. The van der Waals surface area contributed by atoms with E-state index in [1.807, 2.05) is 30.3 Å². The van der Waals surface area contributed by atoms with Crippen LogP contribution in [0.25, 0.3) is 0 Å². The van der Waals surface area contributed by atoms with E-state index in [2.05, 4.69) is 20.8 Å². The summed E-state index contributed by atoms with van der Waals surface area (Å²) < 4.78 is 5.74. The lowest BCUT2D eigenvalue weighted by Gasteiger charge is -2.21. The summed E-state index contributed by atoms with van der Waals surface area (Å²) in [5.41, 5.74) is 1.13. The minimum atomic E-state index is 0.0237. The first-order valence-electron chi connectivity index (χ1n) is 6.10. The van der Waals surface area contributed by atoms with E-state index in [4.69, 9.17) is 27.9 Å². The van der Waals surface area contributed by atoms with Crippen LogP contribution in [0.5, 0.6) is 11.5 Å². The molecule has 0 unspecified atom stereocenters. The highest BCUT2D eigenvalue weighted by atomic mass is 35.5. The molecule has 0 saturated carbocycles. The van der Waals surface area contributed by atoms with E-state index in [-0.39, 0.29) is 5.41 Å². The van der Waals surface area contributed by atoms with Gasteiger partial charge in [-0.3, -0.25) is 0 Å². The molecule has 2 rings (SSSR count). The SMILES string of the molecule is CC(C)(C)c1ccc(Oc2ccc(Cl)cc2)cc1Cl. The van der Waals surface area contributed by atoms with Crippen molar-refractivity contribution in [1.82, 2.24) is 0 Å². The lowest BCUT2D eigenvalue weighted by atomic mass is 9.87. The van der Waals surface area contributed by atoms with E-state index in [1.54, 1.807) is 12.1 Å². The second-order valence-electron chi connectivity index (χ2n) is 5.45. The Morgan fingerprint density at radius 1 is 0.842 bits per heavy atom. The Morgan fingerprint density at radius 2 is 1.42 bits per heavy atom. The highest BCUT2D eigenvalue weighted by Gasteiger charge is 2.17. The summed E-state index contributed by atoms with van der Waals surface area (Å²) in [4.78, 5) is 0. The third-order valence-corrected chi connectivity index (χ3v) is 3.36. The van der Waals surface area contributed by atoms with E-state index in [1.165, 1.54) is 0 Å². The van der Waals surface area contributed by atoms with Gasteiger partial charge in [-0.25, -0.2) is 0 Å². The predicted octanol–water partition coefficient (Wildman–Crippen LogP) is 6.08. The van der Waals surface area contributed by atoms with Gasteiger partial charge < -0.3 is 4.74 Å². The molecule has 0 aliphatic rings. The van der Waals surface area contributed by atoms with Crippen LogP contribution in [0.15, 0.2) is 42.5 Å². The fourth-order valence-corrected chi connectivity index (χ4v) is 2.39. The third kappa shape index (κ3) is 3.65. The van der Waals surface area contributed by atoms with Crippen LogP contribution in [-0.2, 0) is 5.41 Å².